The van der Waals surface area contributed by atoms with Gasteiger partial charge in [0.25, 0.3) is 7.82 Å². The molecule has 1 amide bonds. The summed E-state index contributed by atoms with van der Waals surface area (Å²) in [6.07, 6.45) is 97.5. The molecule has 0 aromatic rings. The lowest BCUT2D eigenvalue weighted by Crippen LogP contribution is -2.45. The van der Waals surface area contributed by atoms with Crippen molar-refractivity contribution < 1.29 is 32.9 Å². The summed E-state index contributed by atoms with van der Waals surface area (Å²) < 4.78 is 23.5. The molecule has 534 valence electrons. The Hall–Kier alpha value is -1.28. The van der Waals surface area contributed by atoms with E-state index in [2.05, 4.69) is 43.5 Å². The van der Waals surface area contributed by atoms with Crippen LogP contribution in [0.5, 0.6) is 0 Å². The number of carbonyl (C=O) groups excluding carboxylic acids is 1. The van der Waals surface area contributed by atoms with Crippen LogP contribution >= 0.6 is 7.82 Å². The number of likely N-dealkylation sites (N-methyl/N-ethyl adjacent to an activating group) is 1. The molecule has 2 N–H and O–H groups in total. The van der Waals surface area contributed by atoms with Crippen molar-refractivity contribution in [2.45, 2.75) is 437 Å². The minimum Gasteiger partial charge on any atom is -0.756 e. The van der Waals surface area contributed by atoms with E-state index < -0.39 is 20.0 Å². The molecule has 0 saturated carbocycles. The summed E-state index contributed by atoms with van der Waals surface area (Å²) in [6.45, 7) is 4.71. The molecule has 90 heavy (non-hydrogen) atoms. The second-order valence-electron chi connectivity index (χ2n) is 29.1. The lowest BCUT2D eigenvalue weighted by atomic mass is 10.0. The number of unbranched alkanes of at least 4 members (excludes halogenated alkanes) is 59. The number of rotatable bonds is 76. The number of aliphatic hydroxyl groups excluding tert-OH is 1. The van der Waals surface area contributed by atoms with E-state index in [1.165, 1.54) is 360 Å². The molecule has 0 saturated heterocycles. The molecular formula is C81H159N2O6P. The maximum Gasteiger partial charge on any atom is 0.268 e. The number of carbonyl (C=O) groups is 1. The van der Waals surface area contributed by atoms with Gasteiger partial charge in [-0.05, 0) is 51.4 Å². The second-order valence-corrected chi connectivity index (χ2v) is 30.5. The first-order chi connectivity index (χ1) is 44.0. The lowest BCUT2D eigenvalue weighted by Gasteiger charge is -2.29. The van der Waals surface area contributed by atoms with Crippen molar-refractivity contribution in [2.75, 3.05) is 40.9 Å². The number of aliphatic hydroxyl groups is 1. The quantitative estimate of drug-likeness (QED) is 0.0272. The molecule has 0 spiro atoms. The molecule has 8 nitrogen and oxygen atoms in total. The van der Waals surface area contributed by atoms with E-state index in [1.54, 1.807) is 6.08 Å². The van der Waals surface area contributed by atoms with Crippen molar-refractivity contribution in [1.82, 2.24) is 5.32 Å². The number of hydrogen-bond acceptors (Lipinski definition) is 6. The minimum atomic E-state index is -4.60. The highest BCUT2D eigenvalue weighted by atomic mass is 31.2. The monoisotopic (exact) mass is 1290 g/mol. The predicted octanol–water partition coefficient (Wildman–Crippen LogP) is 25.7. The Labute approximate surface area is 563 Å². The van der Waals surface area contributed by atoms with Gasteiger partial charge in [-0.15, -0.1) is 0 Å². The largest absolute Gasteiger partial charge is 0.756 e. The number of quaternary nitrogens is 1. The molecule has 0 aromatic carbocycles. The van der Waals surface area contributed by atoms with Crippen LogP contribution in [0.15, 0.2) is 36.5 Å². The summed E-state index contributed by atoms with van der Waals surface area (Å²) in [5.41, 5.74) is 0. The van der Waals surface area contributed by atoms with Gasteiger partial charge in [0.2, 0.25) is 5.91 Å². The highest BCUT2D eigenvalue weighted by Gasteiger charge is 2.23. The Bertz CT molecular complexity index is 1560. The molecule has 0 aliphatic carbocycles. The molecule has 0 aliphatic heterocycles. The summed E-state index contributed by atoms with van der Waals surface area (Å²) >= 11 is 0. The van der Waals surface area contributed by atoms with Gasteiger partial charge in [0.05, 0.1) is 39.9 Å². The zero-order valence-electron chi connectivity index (χ0n) is 61.4. The normalized spacial score (nSPS) is 13.6. The third-order valence-corrected chi connectivity index (χ3v) is 19.8. The highest BCUT2D eigenvalue weighted by Crippen LogP contribution is 2.38. The van der Waals surface area contributed by atoms with Gasteiger partial charge in [0.15, 0.2) is 0 Å². The molecule has 3 unspecified atom stereocenters. The number of nitrogens with one attached hydrogen (secondary N) is 1. The molecular weight excluding hydrogens is 1130 g/mol. The third-order valence-electron chi connectivity index (χ3n) is 18.8. The van der Waals surface area contributed by atoms with Crippen LogP contribution < -0.4 is 10.2 Å². The summed E-state index contributed by atoms with van der Waals surface area (Å²) in [4.78, 5) is 25.7. The van der Waals surface area contributed by atoms with E-state index in [1.807, 2.05) is 27.2 Å². The number of nitrogens with zero attached hydrogens (tertiary/aromatic N) is 1. The Morgan fingerprint density at radius 1 is 0.389 bits per heavy atom. The van der Waals surface area contributed by atoms with E-state index >= 15 is 0 Å². The van der Waals surface area contributed by atoms with Crippen LogP contribution in [0.4, 0.5) is 0 Å². The molecule has 0 radical (unpaired) electrons. The van der Waals surface area contributed by atoms with Crippen molar-refractivity contribution in [3.05, 3.63) is 36.5 Å². The standard InChI is InChI=1S/C81H159N2O6P/c1-6-8-10-12-14-16-18-20-22-24-26-28-30-32-34-35-36-37-38-39-40-41-42-43-44-45-46-47-49-51-53-55-57-59-61-63-65-67-69-71-73-75-81(85)82-79(78-89-90(86,87)88-77-76-83(3,4)5)80(84)74-72-70-68-66-64-62-60-58-56-54-52-50-48-33-31-29-27-25-23-21-19-17-15-13-11-9-7-2/h18,20,24,26,72,74,79-80,84H,6-17,19,21-23,25,27-71,73,75-78H2,1-5H3,(H-,82,85,86,87)/b20-18-,26-24-,74-72+. The van der Waals surface area contributed by atoms with Crippen molar-refractivity contribution in [1.29, 1.82) is 0 Å². The number of allylic oxidation sites excluding steroid dienone is 5. The highest BCUT2D eigenvalue weighted by molar-refractivity contribution is 7.45. The number of amides is 1. The van der Waals surface area contributed by atoms with Crippen LogP contribution in [0, 0.1) is 0 Å². The Balaban J connectivity index is 3.90. The Morgan fingerprint density at radius 2 is 0.644 bits per heavy atom. The van der Waals surface area contributed by atoms with Crippen molar-refractivity contribution in [3.63, 3.8) is 0 Å². The van der Waals surface area contributed by atoms with E-state index in [9.17, 15) is 19.4 Å². The van der Waals surface area contributed by atoms with Gasteiger partial charge in [0.1, 0.15) is 13.2 Å². The number of hydrogen-bond donors (Lipinski definition) is 2. The summed E-state index contributed by atoms with van der Waals surface area (Å²) in [7, 11) is 1.28. The Morgan fingerprint density at radius 3 is 0.922 bits per heavy atom. The Kier molecular flexibility index (Phi) is 71.0. The average molecular weight is 1290 g/mol. The lowest BCUT2D eigenvalue weighted by molar-refractivity contribution is -0.870. The first-order valence-electron chi connectivity index (χ1n) is 40.4. The fourth-order valence-electron chi connectivity index (χ4n) is 12.6. The third kappa shape index (κ3) is 74.1. The maximum absolute atomic E-state index is 13.1. The van der Waals surface area contributed by atoms with Gasteiger partial charge in [-0.2, -0.15) is 0 Å². The fourth-order valence-corrected chi connectivity index (χ4v) is 13.3. The average Bonchev–Trinajstić information content (AvgIpc) is 3.09. The summed E-state index contributed by atoms with van der Waals surface area (Å²) in [5.74, 6) is -0.187. The van der Waals surface area contributed by atoms with Gasteiger partial charge in [-0.3, -0.25) is 9.36 Å². The van der Waals surface area contributed by atoms with Crippen LogP contribution in [0.2, 0.25) is 0 Å². The summed E-state index contributed by atoms with van der Waals surface area (Å²) in [6, 6.07) is -0.886. The van der Waals surface area contributed by atoms with E-state index in [-0.39, 0.29) is 19.1 Å². The van der Waals surface area contributed by atoms with Crippen LogP contribution in [0.3, 0.4) is 0 Å². The maximum atomic E-state index is 13.1. The predicted molar refractivity (Wildman–Crippen MR) is 395 cm³/mol. The van der Waals surface area contributed by atoms with Gasteiger partial charge >= 0.3 is 0 Å². The molecule has 0 rings (SSSR count). The number of phosphoric ester groups is 1. The van der Waals surface area contributed by atoms with Crippen LogP contribution in [-0.4, -0.2) is 68.5 Å². The van der Waals surface area contributed by atoms with Crippen LogP contribution in [0.1, 0.15) is 425 Å². The van der Waals surface area contributed by atoms with Gasteiger partial charge in [-0.1, -0.05) is 403 Å². The number of phosphoric acid groups is 1. The molecule has 9 heteroatoms. The molecule has 0 aliphatic rings. The van der Waals surface area contributed by atoms with E-state index in [0.29, 0.717) is 17.4 Å². The van der Waals surface area contributed by atoms with E-state index in [4.69, 9.17) is 9.05 Å². The first-order valence-corrected chi connectivity index (χ1v) is 41.8. The van der Waals surface area contributed by atoms with Crippen molar-refractivity contribution >= 4 is 13.7 Å². The topological polar surface area (TPSA) is 108 Å². The summed E-state index contributed by atoms with van der Waals surface area (Å²) in [5, 5.41) is 14.0. The molecule has 0 fully saturated rings. The van der Waals surface area contributed by atoms with Gasteiger partial charge in [0, 0.05) is 6.42 Å². The van der Waals surface area contributed by atoms with E-state index in [0.717, 1.165) is 44.9 Å². The smallest absolute Gasteiger partial charge is 0.268 e. The molecule has 0 heterocycles. The fraction of sp³-hybridized carbons (Fsp3) is 0.914. The van der Waals surface area contributed by atoms with Crippen molar-refractivity contribution in [3.8, 4) is 0 Å². The van der Waals surface area contributed by atoms with Crippen LogP contribution in [-0.2, 0) is 18.4 Å². The zero-order valence-corrected chi connectivity index (χ0v) is 62.3. The van der Waals surface area contributed by atoms with Gasteiger partial charge < -0.3 is 28.8 Å². The minimum absolute atomic E-state index is 0.00201. The SMILES string of the molecule is CCCCCCC/C=C\C/C=C\CCCCCCCCCCCCCCCCCCCCCCCCCCCCCCCC(=O)NC(COP(=O)([O-])OCC[N+](C)(C)C)C(O)/C=C/CCCCCCCCCCCCCCCCCCCCCCCCCCC. The second kappa shape index (κ2) is 72.0. The molecule has 0 aromatic heterocycles. The van der Waals surface area contributed by atoms with Crippen molar-refractivity contribution in [2.24, 2.45) is 0 Å². The molecule has 3 atom stereocenters. The molecule has 0 bridgehead atoms. The van der Waals surface area contributed by atoms with Gasteiger partial charge in [-0.25, -0.2) is 0 Å². The first kappa shape index (κ1) is 88.7. The zero-order chi connectivity index (χ0) is 65.5. The van der Waals surface area contributed by atoms with Crippen LogP contribution in [0.25, 0.3) is 0 Å².